The summed E-state index contributed by atoms with van der Waals surface area (Å²) in [6, 6.07) is 1.21. The molecule has 13 heavy (non-hydrogen) atoms. The van der Waals surface area contributed by atoms with Crippen LogP contribution in [0.25, 0.3) is 0 Å². The van der Waals surface area contributed by atoms with Crippen LogP contribution in [-0.2, 0) is 0 Å². The summed E-state index contributed by atoms with van der Waals surface area (Å²) in [4.78, 5) is 10.3. The van der Waals surface area contributed by atoms with Crippen LogP contribution >= 0.6 is 0 Å². The third-order valence-corrected chi connectivity index (χ3v) is 1.43. The second kappa shape index (κ2) is 3.38. The highest BCUT2D eigenvalue weighted by atomic mass is 19.1. The molecule has 1 aromatic rings. The number of anilines is 1. The maximum atomic E-state index is 13.0. The van der Waals surface area contributed by atoms with Crippen LogP contribution in [0.4, 0.5) is 19.3 Å². The Morgan fingerprint density at radius 1 is 1.38 bits per heavy atom. The fraction of sp³-hybridized carbons (Fsp3) is 0.125. The molecule has 0 aliphatic rings. The van der Waals surface area contributed by atoms with Crippen molar-refractivity contribution in [2.45, 2.75) is 6.92 Å². The summed E-state index contributed by atoms with van der Waals surface area (Å²) in [7, 11) is 0. The lowest BCUT2D eigenvalue weighted by Gasteiger charge is -2.05. The SMILES string of the molecule is Cc1cc(F)c(NC(N)=O)c(F)c1. The van der Waals surface area contributed by atoms with Crippen LogP contribution in [0.1, 0.15) is 5.56 Å². The average Bonchev–Trinajstić information content (AvgIpc) is 1.96. The van der Waals surface area contributed by atoms with E-state index in [4.69, 9.17) is 5.73 Å². The van der Waals surface area contributed by atoms with E-state index in [9.17, 15) is 13.6 Å². The minimum Gasteiger partial charge on any atom is -0.351 e. The first-order chi connectivity index (χ1) is 6.00. The van der Waals surface area contributed by atoms with Gasteiger partial charge in [0.2, 0.25) is 0 Å². The fourth-order valence-corrected chi connectivity index (χ4v) is 0.942. The second-order valence-electron chi connectivity index (χ2n) is 2.59. The number of hydrogen-bond acceptors (Lipinski definition) is 1. The molecule has 0 unspecified atom stereocenters. The molecule has 0 bridgehead atoms. The highest BCUT2D eigenvalue weighted by molar-refractivity contribution is 5.88. The molecule has 0 radical (unpaired) electrons. The van der Waals surface area contributed by atoms with E-state index in [1.54, 1.807) is 6.92 Å². The molecule has 0 spiro atoms. The molecule has 0 fully saturated rings. The van der Waals surface area contributed by atoms with Gasteiger partial charge in [-0.2, -0.15) is 0 Å². The molecular formula is C8H8F2N2O. The number of halogens is 2. The van der Waals surface area contributed by atoms with Gasteiger partial charge in [-0.3, -0.25) is 0 Å². The lowest BCUT2D eigenvalue weighted by molar-refractivity contribution is 0.259. The predicted octanol–water partition coefficient (Wildman–Crippen LogP) is 1.76. The molecule has 0 aromatic heterocycles. The zero-order chi connectivity index (χ0) is 10.0. The predicted molar refractivity (Wildman–Crippen MR) is 44.3 cm³/mol. The Morgan fingerprint density at radius 2 is 1.85 bits per heavy atom. The second-order valence-corrected chi connectivity index (χ2v) is 2.59. The van der Waals surface area contributed by atoms with Gasteiger partial charge >= 0.3 is 6.03 Å². The van der Waals surface area contributed by atoms with Gasteiger partial charge in [0.25, 0.3) is 0 Å². The summed E-state index contributed by atoms with van der Waals surface area (Å²) in [5.74, 6) is -1.67. The Labute approximate surface area is 73.5 Å². The van der Waals surface area contributed by atoms with E-state index < -0.39 is 23.4 Å². The van der Waals surface area contributed by atoms with Crippen LogP contribution in [0.2, 0.25) is 0 Å². The average molecular weight is 186 g/mol. The topological polar surface area (TPSA) is 55.1 Å². The van der Waals surface area contributed by atoms with Gasteiger partial charge in [0.1, 0.15) is 17.3 Å². The van der Waals surface area contributed by atoms with Crippen LogP contribution < -0.4 is 11.1 Å². The number of hydrogen-bond donors (Lipinski definition) is 2. The van der Waals surface area contributed by atoms with E-state index in [0.29, 0.717) is 5.56 Å². The first kappa shape index (κ1) is 9.44. The van der Waals surface area contributed by atoms with Gasteiger partial charge in [0, 0.05) is 0 Å². The van der Waals surface area contributed by atoms with E-state index in [-0.39, 0.29) is 0 Å². The molecule has 5 heteroatoms. The molecule has 3 nitrogen and oxygen atoms in total. The first-order valence-corrected chi connectivity index (χ1v) is 3.53. The van der Waals surface area contributed by atoms with Crippen LogP contribution in [0, 0.1) is 18.6 Å². The van der Waals surface area contributed by atoms with Gasteiger partial charge in [-0.25, -0.2) is 13.6 Å². The summed E-state index contributed by atoms with van der Waals surface area (Å²) < 4.78 is 25.9. The summed E-state index contributed by atoms with van der Waals surface area (Å²) in [6.07, 6.45) is 0. The normalized spacial score (nSPS) is 9.77. The highest BCUT2D eigenvalue weighted by Gasteiger charge is 2.10. The number of carbonyl (C=O) groups is 1. The zero-order valence-electron chi connectivity index (χ0n) is 6.90. The number of nitrogens with one attached hydrogen (secondary N) is 1. The quantitative estimate of drug-likeness (QED) is 0.689. The number of nitrogens with two attached hydrogens (primary N) is 1. The van der Waals surface area contributed by atoms with E-state index >= 15 is 0 Å². The molecule has 2 amide bonds. The standard InChI is InChI=1S/C8H8F2N2O/c1-4-2-5(9)7(6(10)3-4)12-8(11)13/h2-3H,1H3,(H3,11,12,13). The zero-order valence-corrected chi connectivity index (χ0v) is 6.90. The maximum Gasteiger partial charge on any atom is 0.316 e. The summed E-state index contributed by atoms with van der Waals surface area (Å²) >= 11 is 0. The summed E-state index contributed by atoms with van der Waals surface area (Å²) in [6.45, 7) is 1.54. The van der Waals surface area contributed by atoms with Crippen LogP contribution in [0.5, 0.6) is 0 Å². The molecule has 0 aliphatic carbocycles. The van der Waals surface area contributed by atoms with E-state index in [2.05, 4.69) is 0 Å². The number of aryl methyl sites for hydroxylation is 1. The molecule has 3 N–H and O–H groups in total. The number of amides is 2. The molecule has 0 aliphatic heterocycles. The van der Waals surface area contributed by atoms with Gasteiger partial charge in [0.15, 0.2) is 0 Å². The van der Waals surface area contributed by atoms with Gasteiger partial charge in [-0.15, -0.1) is 0 Å². The molecule has 0 atom stereocenters. The van der Waals surface area contributed by atoms with Crippen molar-refractivity contribution < 1.29 is 13.6 Å². The number of primary amides is 1. The van der Waals surface area contributed by atoms with Crippen LogP contribution in [0.15, 0.2) is 12.1 Å². The smallest absolute Gasteiger partial charge is 0.316 e. The highest BCUT2D eigenvalue weighted by Crippen LogP contribution is 2.19. The van der Waals surface area contributed by atoms with Gasteiger partial charge in [-0.1, -0.05) is 0 Å². The number of urea groups is 1. The van der Waals surface area contributed by atoms with Crippen molar-refractivity contribution in [2.24, 2.45) is 5.73 Å². The van der Waals surface area contributed by atoms with Crippen LogP contribution in [0.3, 0.4) is 0 Å². The lowest BCUT2D eigenvalue weighted by Crippen LogP contribution is -2.21. The van der Waals surface area contributed by atoms with Crippen molar-refractivity contribution in [2.75, 3.05) is 5.32 Å². The molecular weight excluding hydrogens is 178 g/mol. The largest absolute Gasteiger partial charge is 0.351 e. The Bertz CT molecular complexity index is 329. The lowest BCUT2D eigenvalue weighted by atomic mass is 10.2. The summed E-state index contributed by atoms with van der Waals surface area (Å²) in [5, 5.41) is 1.86. The van der Waals surface area contributed by atoms with Crippen molar-refractivity contribution in [3.05, 3.63) is 29.3 Å². The monoisotopic (exact) mass is 186 g/mol. The number of benzene rings is 1. The number of carbonyl (C=O) groups excluding carboxylic acids is 1. The van der Waals surface area contributed by atoms with Crippen molar-refractivity contribution in [3.63, 3.8) is 0 Å². The van der Waals surface area contributed by atoms with Crippen molar-refractivity contribution >= 4 is 11.7 Å². The minimum absolute atomic E-state index is 0.435. The van der Waals surface area contributed by atoms with Crippen molar-refractivity contribution in [3.8, 4) is 0 Å². The third-order valence-electron chi connectivity index (χ3n) is 1.43. The molecule has 1 aromatic carbocycles. The van der Waals surface area contributed by atoms with Crippen molar-refractivity contribution in [1.29, 1.82) is 0 Å². The van der Waals surface area contributed by atoms with Gasteiger partial charge in [0.05, 0.1) is 0 Å². The maximum absolute atomic E-state index is 13.0. The summed E-state index contributed by atoms with van der Waals surface area (Å²) in [5.41, 5.74) is 4.64. The van der Waals surface area contributed by atoms with Gasteiger partial charge in [-0.05, 0) is 24.6 Å². The Balaban J connectivity index is 3.13. The molecule has 0 saturated carbocycles. The first-order valence-electron chi connectivity index (χ1n) is 3.53. The Morgan fingerprint density at radius 3 is 2.23 bits per heavy atom. The van der Waals surface area contributed by atoms with E-state index in [1.165, 1.54) is 0 Å². The van der Waals surface area contributed by atoms with E-state index in [1.807, 2.05) is 5.32 Å². The Kier molecular flexibility index (Phi) is 2.46. The molecule has 1 rings (SSSR count). The number of rotatable bonds is 1. The van der Waals surface area contributed by atoms with Gasteiger partial charge < -0.3 is 11.1 Å². The molecule has 0 heterocycles. The van der Waals surface area contributed by atoms with Crippen molar-refractivity contribution in [1.82, 2.24) is 0 Å². The van der Waals surface area contributed by atoms with E-state index in [0.717, 1.165) is 12.1 Å². The molecule has 0 saturated heterocycles. The fourth-order valence-electron chi connectivity index (χ4n) is 0.942. The van der Waals surface area contributed by atoms with Crippen LogP contribution in [-0.4, -0.2) is 6.03 Å². The Hall–Kier alpha value is -1.65. The minimum atomic E-state index is -0.998. The molecule has 70 valence electrons. The third kappa shape index (κ3) is 2.14.